The Kier molecular flexibility index (Phi) is 4.93. The number of esters is 1. The van der Waals surface area contributed by atoms with Gasteiger partial charge < -0.3 is 9.64 Å². The van der Waals surface area contributed by atoms with Crippen LogP contribution in [0.1, 0.15) is 55.1 Å². The van der Waals surface area contributed by atoms with Gasteiger partial charge in [-0.25, -0.2) is 0 Å². The average molecular weight is 382 g/mol. The van der Waals surface area contributed by atoms with Gasteiger partial charge in [0.1, 0.15) is 5.60 Å². The first-order valence-electron chi connectivity index (χ1n) is 8.99. The second-order valence-corrected chi connectivity index (χ2v) is 7.84. The highest BCUT2D eigenvalue weighted by Crippen LogP contribution is 2.31. The van der Waals surface area contributed by atoms with E-state index in [4.69, 9.17) is 4.74 Å². The predicted octanol–water partition coefficient (Wildman–Crippen LogP) is 4.20. The van der Waals surface area contributed by atoms with Gasteiger partial charge in [0.05, 0.1) is 17.4 Å². The maximum Gasteiger partial charge on any atom is 0.313 e. The normalized spacial score (nSPS) is 14.6. The molecule has 0 N–H and O–H groups in total. The molecular formula is C21H22N2O5. The van der Waals surface area contributed by atoms with Crippen molar-refractivity contribution < 1.29 is 19.2 Å². The molecule has 0 spiro atoms. The van der Waals surface area contributed by atoms with Gasteiger partial charge in [-0.3, -0.25) is 19.7 Å². The Labute approximate surface area is 163 Å². The van der Waals surface area contributed by atoms with Gasteiger partial charge in [0, 0.05) is 23.4 Å². The number of nitrogens with zero attached hydrogens (tertiary/aromatic N) is 2. The van der Waals surface area contributed by atoms with Gasteiger partial charge in [-0.15, -0.1) is 0 Å². The largest absolute Gasteiger partial charge is 0.460 e. The molecule has 2 aromatic rings. The number of nitro groups is 1. The summed E-state index contributed by atoms with van der Waals surface area (Å²) in [6.45, 7) is 7.51. The van der Waals surface area contributed by atoms with Crippen LogP contribution in [0, 0.1) is 10.1 Å². The minimum Gasteiger partial charge on any atom is -0.460 e. The summed E-state index contributed by atoms with van der Waals surface area (Å²) >= 11 is 0. The number of amides is 1. The van der Waals surface area contributed by atoms with Gasteiger partial charge in [0.2, 0.25) is 0 Å². The number of rotatable bonds is 4. The molecule has 7 nitrogen and oxygen atoms in total. The van der Waals surface area contributed by atoms with Crippen LogP contribution in [0.3, 0.4) is 0 Å². The van der Waals surface area contributed by atoms with E-state index in [9.17, 15) is 19.7 Å². The lowest BCUT2D eigenvalue weighted by Gasteiger charge is -2.23. The van der Waals surface area contributed by atoms with E-state index in [0.717, 1.165) is 5.56 Å². The first kappa shape index (κ1) is 19.5. The second-order valence-electron chi connectivity index (χ2n) is 7.84. The maximum absolute atomic E-state index is 12.6. The lowest BCUT2D eigenvalue weighted by Crippen LogP contribution is -2.27. The first-order valence-corrected chi connectivity index (χ1v) is 8.99. The molecule has 146 valence electrons. The van der Waals surface area contributed by atoms with Crippen molar-refractivity contribution >= 4 is 23.3 Å². The second kappa shape index (κ2) is 7.07. The van der Waals surface area contributed by atoms with E-state index in [2.05, 4.69) is 0 Å². The van der Waals surface area contributed by atoms with E-state index < -0.39 is 16.4 Å². The van der Waals surface area contributed by atoms with E-state index >= 15 is 0 Å². The van der Waals surface area contributed by atoms with E-state index in [1.54, 1.807) is 36.1 Å². The number of hydrogen-bond donors (Lipinski definition) is 0. The standard InChI is InChI=1S/C21H22N2O5/c1-13(20(25)28-21(2,3)4)14-5-7-16(8-6-14)22-12-15-11-17(23(26)27)9-10-18(15)19(22)24/h5-11,13H,12H2,1-4H3. The van der Waals surface area contributed by atoms with Crippen LogP contribution >= 0.6 is 0 Å². The Morgan fingerprint density at radius 2 is 1.82 bits per heavy atom. The van der Waals surface area contributed by atoms with Crippen molar-refractivity contribution in [3.05, 3.63) is 69.3 Å². The zero-order valence-corrected chi connectivity index (χ0v) is 16.3. The quantitative estimate of drug-likeness (QED) is 0.449. The highest BCUT2D eigenvalue weighted by molar-refractivity contribution is 6.10. The summed E-state index contributed by atoms with van der Waals surface area (Å²) in [6, 6.07) is 11.4. The Bertz CT molecular complexity index is 944. The van der Waals surface area contributed by atoms with E-state index in [0.29, 0.717) is 16.8 Å². The van der Waals surface area contributed by atoms with Crippen molar-refractivity contribution in [2.75, 3.05) is 4.90 Å². The summed E-state index contributed by atoms with van der Waals surface area (Å²) in [5.74, 6) is -0.933. The molecule has 1 aliphatic rings. The Morgan fingerprint density at radius 1 is 1.18 bits per heavy atom. The lowest BCUT2D eigenvalue weighted by molar-refractivity contribution is -0.384. The Hall–Kier alpha value is -3.22. The van der Waals surface area contributed by atoms with E-state index in [1.807, 2.05) is 20.8 Å². The summed E-state index contributed by atoms with van der Waals surface area (Å²) in [5, 5.41) is 10.9. The van der Waals surface area contributed by atoms with Gasteiger partial charge in [0.25, 0.3) is 11.6 Å². The zero-order valence-electron chi connectivity index (χ0n) is 16.3. The topological polar surface area (TPSA) is 89.8 Å². The predicted molar refractivity (Wildman–Crippen MR) is 104 cm³/mol. The van der Waals surface area contributed by atoms with Gasteiger partial charge in [0.15, 0.2) is 0 Å². The molecule has 1 aliphatic heterocycles. The Balaban J connectivity index is 1.78. The summed E-state index contributed by atoms with van der Waals surface area (Å²) in [4.78, 5) is 36.9. The SMILES string of the molecule is CC(C(=O)OC(C)(C)C)c1ccc(N2Cc3cc([N+](=O)[O-])ccc3C2=O)cc1. The van der Waals surface area contributed by atoms with Crippen LogP contribution in [-0.4, -0.2) is 22.4 Å². The van der Waals surface area contributed by atoms with Crippen LogP contribution in [0.15, 0.2) is 42.5 Å². The molecule has 3 rings (SSSR count). The molecule has 0 bridgehead atoms. The number of anilines is 1. The van der Waals surface area contributed by atoms with Crippen molar-refractivity contribution in [3.63, 3.8) is 0 Å². The maximum atomic E-state index is 12.6. The van der Waals surface area contributed by atoms with Crippen molar-refractivity contribution in [3.8, 4) is 0 Å². The van der Waals surface area contributed by atoms with Crippen molar-refractivity contribution in [1.29, 1.82) is 0 Å². The molecule has 0 aromatic heterocycles. The van der Waals surface area contributed by atoms with Gasteiger partial charge >= 0.3 is 5.97 Å². The fourth-order valence-corrected chi connectivity index (χ4v) is 3.10. The summed E-state index contributed by atoms with van der Waals surface area (Å²) in [6.07, 6.45) is 0. The third kappa shape index (κ3) is 3.88. The van der Waals surface area contributed by atoms with Gasteiger partial charge in [-0.2, -0.15) is 0 Å². The highest BCUT2D eigenvalue weighted by atomic mass is 16.6. The smallest absolute Gasteiger partial charge is 0.313 e. The van der Waals surface area contributed by atoms with Gasteiger partial charge in [-0.1, -0.05) is 12.1 Å². The third-order valence-corrected chi connectivity index (χ3v) is 4.57. The molecule has 28 heavy (non-hydrogen) atoms. The fraction of sp³-hybridized carbons (Fsp3) is 0.333. The molecule has 0 aliphatic carbocycles. The average Bonchev–Trinajstić information content (AvgIpc) is 2.96. The van der Waals surface area contributed by atoms with Crippen LogP contribution in [0.5, 0.6) is 0 Å². The molecule has 1 unspecified atom stereocenters. The number of carbonyl (C=O) groups excluding carboxylic acids is 2. The molecule has 1 amide bonds. The number of fused-ring (bicyclic) bond motifs is 1. The van der Waals surface area contributed by atoms with Crippen LogP contribution in [-0.2, 0) is 16.1 Å². The zero-order chi connectivity index (χ0) is 20.6. The van der Waals surface area contributed by atoms with Crippen LogP contribution < -0.4 is 4.90 Å². The molecule has 0 saturated heterocycles. The number of nitro benzene ring substituents is 1. The number of ether oxygens (including phenoxy) is 1. The third-order valence-electron chi connectivity index (χ3n) is 4.57. The molecule has 2 aromatic carbocycles. The lowest BCUT2D eigenvalue weighted by atomic mass is 10.0. The minimum absolute atomic E-state index is 0.0325. The summed E-state index contributed by atoms with van der Waals surface area (Å²) in [5.41, 5.74) is 1.97. The van der Waals surface area contributed by atoms with Crippen LogP contribution in [0.25, 0.3) is 0 Å². The molecular weight excluding hydrogens is 360 g/mol. The van der Waals surface area contributed by atoms with E-state index in [-0.39, 0.29) is 24.1 Å². The first-order chi connectivity index (χ1) is 13.1. The van der Waals surface area contributed by atoms with Crippen LogP contribution in [0.2, 0.25) is 0 Å². The van der Waals surface area contributed by atoms with Crippen LogP contribution in [0.4, 0.5) is 11.4 Å². The summed E-state index contributed by atoms with van der Waals surface area (Å²) in [7, 11) is 0. The fourth-order valence-electron chi connectivity index (χ4n) is 3.10. The number of carbonyl (C=O) groups is 2. The number of hydrogen-bond acceptors (Lipinski definition) is 5. The Morgan fingerprint density at radius 3 is 2.39 bits per heavy atom. The molecule has 0 radical (unpaired) electrons. The van der Waals surface area contributed by atoms with E-state index in [1.165, 1.54) is 18.2 Å². The van der Waals surface area contributed by atoms with Crippen molar-refractivity contribution in [2.45, 2.75) is 45.8 Å². The highest BCUT2D eigenvalue weighted by Gasteiger charge is 2.30. The van der Waals surface area contributed by atoms with Crippen molar-refractivity contribution in [1.82, 2.24) is 0 Å². The van der Waals surface area contributed by atoms with Gasteiger partial charge in [-0.05, 0) is 57.0 Å². The minimum atomic E-state index is -0.554. The van der Waals surface area contributed by atoms with Crippen molar-refractivity contribution in [2.24, 2.45) is 0 Å². The molecule has 0 saturated carbocycles. The molecule has 0 fully saturated rings. The molecule has 1 atom stereocenters. The monoisotopic (exact) mass is 382 g/mol. The number of benzene rings is 2. The summed E-state index contributed by atoms with van der Waals surface area (Å²) < 4.78 is 5.42. The molecule has 7 heteroatoms. The molecule has 1 heterocycles. The number of non-ortho nitro benzene ring substituents is 1.